The lowest BCUT2D eigenvalue weighted by atomic mass is 10.4. The number of H-pyrrole nitrogens is 1. The van der Waals surface area contributed by atoms with E-state index in [1.54, 1.807) is 6.07 Å². The van der Waals surface area contributed by atoms with Crippen LogP contribution in [0.1, 0.15) is 10.5 Å². The molecule has 0 saturated heterocycles. The molecule has 0 radical (unpaired) electrons. The SMILES string of the molecule is N#CCOC(=O)c1[nH]ncc1Br. The molecule has 0 aliphatic rings. The number of carbonyl (C=O) groups excluding carboxylic acids is 1. The molecule has 1 heterocycles. The molecular formula is C6H4BrN3O2. The van der Waals surface area contributed by atoms with E-state index in [0.29, 0.717) is 4.47 Å². The van der Waals surface area contributed by atoms with Gasteiger partial charge in [-0.2, -0.15) is 10.4 Å². The van der Waals surface area contributed by atoms with Crippen molar-refractivity contribution in [3.63, 3.8) is 0 Å². The second kappa shape index (κ2) is 3.88. The number of aromatic nitrogens is 2. The largest absolute Gasteiger partial charge is 0.446 e. The van der Waals surface area contributed by atoms with Gasteiger partial charge in [0.25, 0.3) is 0 Å². The minimum absolute atomic E-state index is 0.213. The van der Waals surface area contributed by atoms with Crippen LogP contribution in [0.3, 0.4) is 0 Å². The van der Waals surface area contributed by atoms with Crippen LogP contribution in [0.2, 0.25) is 0 Å². The summed E-state index contributed by atoms with van der Waals surface area (Å²) in [4.78, 5) is 11.0. The van der Waals surface area contributed by atoms with Crippen molar-refractivity contribution < 1.29 is 9.53 Å². The predicted octanol–water partition coefficient (Wildman–Crippen LogP) is 0.853. The summed E-state index contributed by atoms with van der Waals surface area (Å²) in [5, 5.41) is 14.1. The van der Waals surface area contributed by atoms with E-state index in [1.165, 1.54) is 6.20 Å². The van der Waals surface area contributed by atoms with Crippen molar-refractivity contribution in [3.05, 3.63) is 16.4 Å². The lowest BCUT2D eigenvalue weighted by molar-refractivity contribution is 0.0547. The van der Waals surface area contributed by atoms with Gasteiger partial charge in [0.2, 0.25) is 0 Å². The average Bonchev–Trinajstić information content (AvgIpc) is 2.47. The van der Waals surface area contributed by atoms with Gasteiger partial charge in [-0.05, 0) is 15.9 Å². The van der Waals surface area contributed by atoms with E-state index in [4.69, 9.17) is 5.26 Å². The first kappa shape index (κ1) is 8.74. The lowest BCUT2D eigenvalue weighted by Gasteiger charge is -1.95. The summed E-state index contributed by atoms with van der Waals surface area (Å²) in [5.41, 5.74) is 0.213. The highest BCUT2D eigenvalue weighted by atomic mass is 79.9. The second-order valence-corrected chi connectivity index (χ2v) is 2.68. The molecular weight excluding hydrogens is 226 g/mol. The van der Waals surface area contributed by atoms with Crippen LogP contribution in [0, 0.1) is 11.3 Å². The lowest BCUT2D eigenvalue weighted by Crippen LogP contribution is -2.06. The second-order valence-electron chi connectivity index (χ2n) is 1.83. The molecule has 0 amide bonds. The zero-order valence-electron chi connectivity index (χ0n) is 5.87. The normalized spacial score (nSPS) is 9.00. The van der Waals surface area contributed by atoms with Crippen LogP contribution >= 0.6 is 15.9 Å². The Bertz CT molecular complexity index is 328. The highest BCUT2D eigenvalue weighted by Gasteiger charge is 2.12. The van der Waals surface area contributed by atoms with Gasteiger partial charge in [0.15, 0.2) is 12.3 Å². The standard InChI is InChI=1S/C6H4BrN3O2/c7-4-3-9-10-5(4)6(11)12-2-1-8/h3H,2H2,(H,9,10). The van der Waals surface area contributed by atoms with Crippen molar-refractivity contribution in [1.82, 2.24) is 10.2 Å². The van der Waals surface area contributed by atoms with Crippen molar-refractivity contribution in [2.75, 3.05) is 6.61 Å². The van der Waals surface area contributed by atoms with Crippen molar-refractivity contribution >= 4 is 21.9 Å². The summed E-state index contributed by atoms with van der Waals surface area (Å²) in [6.07, 6.45) is 1.43. The van der Waals surface area contributed by atoms with Gasteiger partial charge in [0.05, 0.1) is 10.7 Å². The van der Waals surface area contributed by atoms with Crippen LogP contribution in [0.15, 0.2) is 10.7 Å². The molecule has 1 rings (SSSR count). The Morgan fingerprint density at radius 1 is 1.92 bits per heavy atom. The summed E-state index contributed by atoms with van der Waals surface area (Å²) in [7, 11) is 0. The summed E-state index contributed by atoms with van der Waals surface area (Å²) < 4.78 is 5.03. The Kier molecular flexibility index (Phi) is 2.82. The number of carbonyl (C=O) groups is 1. The number of rotatable bonds is 2. The fourth-order valence-corrected chi connectivity index (χ4v) is 0.937. The Hall–Kier alpha value is -1.35. The van der Waals surface area contributed by atoms with Crippen LogP contribution < -0.4 is 0 Å². The van der Waals surface area contributed by atoms with Gasteiger partial charge < -0.3 is 4.74 Å². The molecule has 1 aromatic heterocycles. The van der Waals surface area contributed by atoms with E-state index < -0.39 is 5.97 Å². The average molecular weight is 230 g/mol. The molecule has 62 valence electrons. The molecule has 0 saturated carbocycles. The van der Waals surface area contributed by atoms with E-state index in [-0.39, 0.29) is 12.3 Å². The molecule has 0 unspecified atom stereocenters. The van der Waals surface area contributed by atoms with E-state index in [9.17, 15) is 4.79 Å². The topological polar surface area (TPSA) is 78.8 Å². The van der Waals surface area contributed by atoms with Crippen molar-refractivity contribution in [1.29, 1.82) is 5.26 Å². The van der Waals surface area contributed by atoms with Crippen LogP contribution in [-0.2, 0) is 4.74 Å². The fraction of sp³-hybridized carbons (Fsp3) is 0.167. The third kappa shape index (κ3) is 1.83. The molecule has 5 nitrogen and oxygen atoms in total. The Balaban J connectivity index is 2.67. The molecule has 0 aliphatic carbocycles. The highest BCUT2D eigenvalue weighted by molar-refractivity contribution is 9.10. The molecule has 1 aromatic rings. The maximum absolute atomic E-state index is 11.0. The molecule has 0 aliphatic heterocycles. The zero-order chi connectivity index (χ0) is 8.97. The first-order valence-corrected chi connectivity index (χ1v) is 3.78. The number of aromatic amines is 1. The van der Waals surface area contributed by atoms with Gasteiger partial charge in [-0.25, -0.2) is 4.79 Å². The number of ether oxygens (including phenoxy) is 1. The Labute approximate surface area is 76.5 Å². The van der Waals surface area contributed by atoms with Gasteiger partial charge in [-0.15, -0.1) is 0 Å². The van der Waals surface area contributed by atoms with Gasteiger partial charge in [0.1, 0.15) is 6.07 Å². The molecule has 12 heavy (non-hydrogen) atoms. The minimum atomic E-state index is -0.596. The van der Waals surface area contributed by atoms with Crippen LogP contribution in [0.5, 0.6) is 0 Å². The summed E-state index contributed by atoms with van der Waals surface area (Å²) >= 11 is 3.08. The number of hydrogen-bond acceptors (Lipinski definition) is 4. The van der Waals surface area contributed by atoms with Gasteiger partial charge in [-0.1, -0.05) is 0 Å². The summed E-state index contributed by atoms with van der Waals surface area (Å²) in [6.45, 7) is -0.260. The van der Waals surface area contributed by atoms with Crippen molar-refractivity contribution in [3.8, 4) is 6.07 Å². The monoisotopic (exact) mass is 229 g/mol. The zero-order valence-corrected chi connectivity index (χ0v) is 7.46. The molecule has 6 heteroatoms. The first-order valence-electron chi connectivity index (χ1n) is 2.98. The van der Waals surface area contributed by atoms with E-state index in [0.717, 1.165) is 0 Å². The fourth-order valence-electron chi connectivity index (χ4n) is 0.585. The molecule has 0 aromatic carbocycles. The molecule has 0 fully saturated rings. The molecule has 0 atom stereocenters. The van der Waals surface area contributed by atoms with E-state index in [1.807, 2.05) is 0 Å². The van der Waals surface area contributed by atoms with Crippen LogP contribution in [0.25, 0.3) is 0 Å². The van der Waals surface area contributed by atoms with E-state index in [2.05, 4.69) is 30.9 Å². The third-order valence-corrected chi connectivity index (χ3v) is 1.67. The van der Waals surface area contributed by atoms with Gasteiger partial charge in [-0.3, -0.25) is 5.10 Å². The number of halogens is 1. The van der Waals surface area contributed by atoms with Gasteiger partial charge in [0, 0.05) is 0 Å². The third-order valence-electron chi connectivity index (χ3n) is 1.07. The van der Waals surface area contributed by atoms with Crippen molar-refractivity contribution in [2.45, 2.75) is 0 Å². The maximum atomic E-state index is 11.0. The number of nitriles is 1. The number of nitrogens with zero attached hydrogens (tertiary/aromatic N) is 2. The maximum Gasteiger partial charge on any atom is 0.358 e. The highest BCUT2D eigenvalue weighted by Crippen LogP contribution is 2.13. The quantitative estimate of drug-likeness (QED) is 0.764. The summed E-state index contributed by atoms with van der Waals surface area (Å²) in [5.74, 6) is -0.596. The predicted molar refractivity (Wildman–Crippen MR) is 42.2 cm³/mol. The van der Waals surface area contributed by atoms with Crippen LogP contribution in [-0.4, -0.2) is 22.8 Å². The number of hydrogen-bond donors (Lipinski definition) is 1. The Morgan fingerprint density at radius 2 is 2.67 bits per heavy atom. The van der Waals surface area contributed by atoms with Gasteiger partial charge >= 0.3 is 5.97 Å². The molecule has 0 bridgehead atoms. The van der Waals surface area contributed by atoms with E-state index >= 15 is 0 Å². The number of nitrogens with one attached hydrogen (secondary N) is 1. The molecule has 0 spiro atoms. The minimum Gasteiger partial charge on any atom is -0.446 e. The first-order chi connectivity index (χ1) is 5.75. The Morgan fingerprint density at radius 3 is 3.17 bits per heavy atom. The molecule has 1 N–H and O–H groups in total. The summed E-state index contributed by atoms with van der Waals surface area (Å²) in [6, 6.07) is 1.69. The van der Waals surface area contributed by atoms with Crippen LogP contribution in [0.4, 0.5) is 0 Å². The number of esters is 1. The van der Waals surface area contributed by atoms with Crippen molar-refractivity contribution in [2.24, 2.45) is 0 Å². The smallest absolute Gasteiger partial charge is 0.358 e.